The first kappa shape index (κ1) is 20.8. The Kier molecular flexibility index (Phi) is 6.64. The Bertz CT molecular complexity index is 1010. The second-order valence-corrected chi connectivity index (χ2v) is 8.80. The Morgan fingerprint density at radius 1 is 0.967 bits per heavy atom. The van der Waals surface area contributed by atoms with Crippen molar-refractivity contribution >= 4 is 45.0 Å². The molecule has 30 heavy (non-hydrogen) atoms. The third kappa shape index (κ3) is 5.17. The molecule has 154 valence electrons. The van der Waals surface area contributed by atoms with Crippen molar-refractivity contribution in [3.05, 3.63) is 76.8 Å². The monoisotopic (exact) mass is 486 g/mol. The predicted molar refractivity (Wildman–Crippen MR) is 122 cm³/mol. The molecule has 5 nitrogen and oxygen atoms in total. The number of anilines is 2. The highest BCUT2D eigenvalue weighted by molar-refractivity contribution is 9.10. The summed E-state index contributed by atoms with van der Waals surface area (Å²) in [6.07, 6.45) is 1.55. The lowest BCUT2D eigenvalue weighted by Crippen LogP contribution is -2.46. The van der Waals surface area contributed by atoms with Crippen molar-refractivity contribution < 1.29 is 9.18 Å². The second kappa shape index (κ2) is 9.57. The average Bonchev–Trinajstić information content (AvgIpc) is 2.79. The van der Waals surface area contributed by atoms with Crippen LogP contribution in [0.15, 0.2) is 70.4 Å². The lowest BCUT2D eigenvalue weighted by Gasteiger charge is -2.36. The van der Waals surface area contributed by atoms with E-state index in [9.17, 15) is 9.18 Å². The van der Waals surface area contributed by atoms with Crippen LogP contribution in [0.2, 0.25) is 0 Å². The van der Waals surface area contributed by atoms with Crippen LogP contribution in [0.4, 0.5) is 15.9 Å². The summed E-state index contributed by atoms with van der Waals surface area (Å²) >= 11 is 4.80. The van der Waals surface area contributed by atoms with E-state index < -0.39 is 0 Å². The number of rotatable bonds is 6. The van der Waals surface area contributed by atoms with E-state index >= 15 is 0 Å². The number of carbonyl (C=O) groups excluding carboxylic acids is 1. The molecule has 1 aliphatic rings. The number of halogens is 2. The van der Waals surface area contributed by atoms with Crippen molar-refractivity contribution in [3.8, 4) is 0 Å². The highest BCUT2D eigenvalue weighted by atomic mass is 79.9. The predicted octanol–water partition coefficient (Wildman–Crippen LogP) is 4.68. The topological polar surface area (TPSA) is 49.3 Å². The van der Waals surface area contributed by atoms with Gasteiger partial charge in [0.25, 0.3) is 0 Å². The van der Waals surface area contributed by atoms with E-state index in [1.807, 2.05) is 42.5 Å². The molecule has 4 rings (SSSR count). The first-order chi connectivity index (χ1) is 14.6. The SMILES string of the molecule is O=C(CSc1cc(N2CCN(c3ccc(F)cc3)CC2)ncn1)c1ccc(Br)cc1. The molecule has 8 heteroatoms. The number of hydrogen-bond donors (Lipinski definition) is 0. The number of ketones is 1. The van der Waals surface area contributed by atoms with Gasteiger partial charge in [0.15, 0.2) is 5.78 Å². The molecule has 0 saturated carbocycles. The van der Waals surface area contributed by atoms with Crippen molar-refractivity contribution in [1.82, 2.24) is 9.97 Å². The molecular formula is C22H20BrFN4OS. The molecule has 1 aliphatic heterocycles. The molecule has 0 amide bonds. The maximum Gasteiger partial charge on any atom is 0.173 e. The summed E-state index contributed by atoms with van der Waals surface area (Å²) in [4.78, 5) is 25.6. The van der Waals surface area contributed by atoms with E-state index in [1.54, 1.807) is 6.33 Å². The summed E-state index contributed by atoms with van der Waals surface area (Å²) in [5, 5.41) is 0.784. The zero-order valence-corrected chi connectivity index (χ0v) is 18.6. The van der Waals surface area contributed by atoms with Gasteiger partial charge < -0.3 is 9.80 Å². The van der Waals surface area contributed by atoms with Crippen LogP contribution in [0.3, 0.4) is 0 Å². The van der Waals surface area contributed by atoms with Crippen LogP contribution in [0, 0.1) is 5.82 Å². The molecule has 1 aromatic heterocycles. The Morgan fingerprint density at radius 3 is 2.33 bits per heavy atom. The molecule has 0 radical (unpaired) electrons. The van der Waals surface area contributed by atoms with Crippen LogP contribution in [0.25, 0.3) is 0 Å². The van der Waals surface area contributed by atoms with Gasteiger partial charge in [0.2, 0.25) is 0 Å². The van der Waals surface area contributed by atoms with Gasteiger partial charge in [0, 0.05) is 48.0 Å². The Hall–Kier alpha value is -2.45. The first-order valence-corrected chi connectivity index (χ1v) is 11.4. The molecular weight excluding hydrogens is 467 g/mol. The molecule has 0 atom stereocenters. The van der Waals surface area contributed by atoms with E-state index in [4.69, 9.17) is 0 Å². The quantitative estimate of drug-likeness (QED) is 0.286. The summed E-state index contributed by atoms with van der Waals surface area (Å²) in [6.45, 7) is 3.30. The van der Waals surface area contributed by atoms with Gasteiger partial charge >= 0.3 is 0 Å². The van der Waals surface area contributed by atoms with E-state index in [-0.39, 0.29) is 11.6 Å². The molecule has 0 unspecified atom stereocenters. The number of carbonyl (C=O) groups is 1. The minimum absolute atomic E-state index is 0.0700. The first-order valence-electron chi connectivity index (χ1n) is 9.57. The number of nitrogens with zero attached hydrogens (tertiary/aromatic N) is 4. The van der Waals surface area contributed by atoms with E-state index in [0.29, 0.717) is 11.3 Å². The van der Waals surface area contributed by atoms with Crippen molar-refractivity contribution in [1.29, 1.82) is 0 Å². The van der Waals surface area contributed by atoms with Gasteiger partial charge in [-0.05, 0) is 36.4 Å². The van der Waals surface area contributed by atoms with Crippen molar-refractivity contribution in [2.24, 2.45) is 0 Å². The Morgan fingerprint density at radius 2 is 1.63 bits per heavy atom. The Labute approximate surface area is 187 Å². The number of benzene rings is 2. The normalized spacial score (nSPS) is 14.1. The van der Waals surface area contributed by atoms with Crippen LogP contribution >= 0.6 is 27.7 Å². The highest BCUT2D eigenvalue weighted by Crippen LogP contribution is 2.23. The fourth-order valence-corrected chi connectivity index (χ4v) is 4.31. The fraction of sp³-hybridized carbons (Fsp3) is 0.227. The van der Waals surface area contributed by atoms with Crippen molar-refractivity contribution in [2.45, 2.75) is 5.03 Å². The molecule has 0 spiro atoms. The van der Waals surface area contributed by atoms with Crippen LogP contribution in [0.5, 0.6) is 0 Å². The van der Waals surface area contributed by atoms with Gasteiger partial charge in [0.05, 0.1) is 5.75 Å². The Balaban J connectivity index is 1.34. The van der Waals surface area contributed by atoms with Gasteiger partial charge in [-0.1, -0.05) is 39.8 Å². The van der Waals surface area contributed by atoms with Crippen LogP contribution in [-0.2, 0) is 0 Å². The average molecular weight is 487 g/mol. The summed E-state index contributed by atoms with van der Waals surface area (Å²) < 4.78 is 14.1. The maximum absolute atomic E-state index is 13.1. The second-order valence-electron chi connectivity index (χ2n) is 6.88. The van der Waals surface area contributed by atoms with Crippen LogP contribution in [0.1, 0.15) is 10.4 Å². The van der Waals surface area contributed by atoms with Crippen molar-refractivity contribution in [2.75, 3.05) is 41.7 Å². The number of piperazine rings is 1. The summed E-state index contributed by atoms with van der Waals surface area (Å²) in [7, 11) is 0. The van der Waals surface area contributed by atoms with Crippen LogP contribution in [-0.4, -0.2) is 47.7 Å². The highest BCUT2D eigenvalue weighted by Gasteiger charge is 2.19. The van der Waals surface area contributed by atoms with Gasteiger partial charge in [0.1, 0.15) is 23.0 Å². The largest absolute Gasteiger partial charge is 0.368 e. The molecule has 2 aromatic carbocycles. The minimum Gasteiger partial charge on any atom is -0.368 e. The summed E-state index contributed by atoms with van der Waals surface area (Å²) in [5.41, 5.74) is 1.72. The lowest BCUT2D eigenvalue weighted by atomic mass is 10.2. The zero-order chi connectivity index (χ0) is 20.9. The number of Topliss-reactive ketones (excluding diaryl/α,β-unsaturated/α-hetero) is 1. The number of hydrogen-bond acceptors (Lipinski definition) is 6. The summed E-state index contributed by atoms with van der Waals surface area (Å²) in [5.74, 6) is 1.04. The lowest BCUT2D eigenvalue weighted by molar-refractivity contribution is 0.102. The molecule has 0 bridgehead atoms. The van der Waals surface area contributed by atoms with E-state index in [2.05, 4.69) is 35.7 Å². The van der Waals surface area contributed by atoms with E-state index in [0.717, 1.165) is 47.2 Å². The summed E-state index contributed by atoms with van der Waals surface area (Å²) in [6, 6.07) is 15.9. The number of thioether (sulfide) groups is 1. The van der Waals surface area contributed by atoms with Gasteiger partial charge in [-0.15, -0.1) is 0 Å². The standard InChI is InChI=1S/C22H20BrFN4OS/c23-17-3-1-16(2-4-17)20(29)14-30-22-13-21(25-15-26-22)28-11-9-27(10-12-28)19-7-5-18(24)6-8-19/h1-8,13,15H,9-12,14H2. The maximum atomic E-state index is 13.1. The molecule has 3 aromatic rings. The molecule has 1 fully saturated rings. The fourth-order valence-electron chi connectivity index (χ4n) is 3.29. The van der Waals surface area contributed by atoms with Gasteiger partial charge in [-0.25, -0.2) is 14.4 Å². The zero-order valence-electron chi connectivity index (χ0n) is 16.2. The van der Waals surface area contributed by atoms with Gasteiger partial charge in [-0.2, -0.15) is 0 Å². The molecule has 0 N–H and O–H groups in total. The van der Waals surface area contributed by atoms with Gasteiger partial charge in [-0.3, -0.25) is 4.79 Å². The third-order valence-electron chi connectivity index (χ3n) is 4.94. The minimum atomic E-state index is -0.220. The van der Waals surface area contributed by atoms with Crippen molar-refractivity contribution in [3.63, 3.8) is 0 Å². The molecule has 2 heterocycles. The molecule has 1 saturated heterocycles. The van der Waals surface area contributed by atoms with Crippen LogP contribution < -0.4 is 9.80 Å². The third-order valence-corrected chi connectivity index (χ3v) is 6.39. The van der Waals surface area contributed by atoms with E-state index in [1.165, 1.54) is 23.9 Å². The number of aromatic nitrogens is 2. The molecule has 0 aliphatic carbocycles. The smallest absolute Gasteiger partial charge is 0.173 e.